The number of rotatable bonds is 4. The highest BCUT2D eigenvalue weighted by Gasteiger charge is 2.29. The summed E-state index contributed by atoms with van der Waals surface area (Å²) in [5.74, 6) is 1.63. The largest absolute Gasteiger partial charge is 0.361 e. The maximum atomic E-state index is 4.71. The molecule has 0 radical (unpaired) electrons. The number of fused-ring (bicyclic) bond motifs is 2. The van der Waals surface area contributed by atoms with E-state index in [2.05, 4.69) is 45.6 Å². The summed E-state index contributed by atoms with van der Waals surface area (Å²) >= 11 is 1.66. The van der Waals surface area contributed by atoms with Crippen LogP contribution >= 0.6 is 11.3 Å². The highest BCUT2D eigenvalue weighted by atomic mass is 32.1. The van der Waals surface area contributed by atoms with Gasteiger partial charge in [0.15, 0.2) is 5.82 Å². The summed E-state index contributed by atoms with van der Waals surface area (Å²) in [6.07, 6.45) is 6.50. The maximum Gasteiger partial charge on any atom is 0.234 e. The zero-order valence-electron chi connectivity index (χ0n) is 12.0. The quantitative estimate of drug-likeness (QED) is 0.629. The molecule has 5 rings (SSSR count). The zero-order chi connectivity index (χ0) is 14.5. The van der Waals surface area contributed by atoms with E-state index >= 15 is 0 Å². The van der Waals surface area contributed by atoms with Crippen molar-refractivity contribution in [2.45, 2.75) is 31.6 Å². The van der Waals surface area contributed by atoms with E-state index in [9.17, 15) is 0 Å². The molecule has 3 heterocycles. The maximum absolute atomic E-state index is 4.71. The van der Waals surface area contributed by atoms with Crippen LogP contribution in [0.15, 0.2) is 30.5 Å². The number of para-hydroxylation sites is 1. The monoisotopic (exact) mass is 309 g/mol. The Balaban J connectivity index is 1.41. The van der Waals surface area contributed by atoms with Gasteiger partial charge in [-0.15, -0.1) is 10.2 Å². The second kappa shape index (κ2) is 4.64. The minimum atomic E-state index is 0.582. The van der Waals surface area contributed by atoms with Crippen LogP contribution in [0.2, 0.25) is 0 Å². The van der Waals surface area contributed by atoms with Gasteiger partial charge in [-0.25, -0.2) is 0 Å². The van der Waals surface area contributed by atoms with E-state index in [4.69, 9.17) is 5.10 Å². The van der Waals surface area contributed by atoms with E-state index in [-0.39, 0.29) is 0 Å². The molecule has 1 fully saturated rings. The lowest BCUT2D eigenvalue weighted by Gasteiger charge is -1.97. The van der Waals surface area contributed by atoms with Crippen molar-refractivity contribution in [3.8, 4) is 0 Å². The van der Waals surface area contributed by atoms with Crippen molar-refractivity contribution in [3.63, 3.8) is 0 Å². The predicted molar refractivity (Wildman–Crippen MR) is 86.3 cm³/mol. The van der Waals surface area contributed by atoms with Crippen molar-refractivity contribution in [3.05, 3.63) is 46.9 Å². The van der Waals surface area contributed by atoms with Crippen molar-refractivity contribution in [2.24, 2.45) is 0 Å². The van der Waals surface area contributed by atoms with Gasteiger partial charge in [0.1, 0.15) is 5.01 Å². The first-order valence-corrected chi connectivity index (χ1v) is 8.46. The van der Waals surface area contributed by atoms with Gasteiger partial charge < -0.3 is 4.98 Å². The summed E-state index contributed by atoms with van der Waals surface area (Å²) < 4.78 is 1.95. The molecule has 1 aromatic carbocycles. The van der Waals surface area contributed by atoms with Gasteiger partial charge in [-0.3, -0.25) is 0 Å². The first-order valence-electron chi connectivity index (χ1n) is 7.64. The molecule has 22 heavy (non-hydrogen) atoms. The number of aryl methyl sites for hydroxylation is 2. The van der Waals surface area contributed by atoms with Gasteiger partial charge in [-0.2, -0.15) is 9.61 Å². The van der Waals surface area contributed by atoms with Crippen LogP contribution in [-0.2, 0) is 12.8 Å². The van der Waals surface area contributed by atoms with Crippen LogP contribution in [0.3, 0.4) is 0 Å². The minimum Gasteiger partial charge on any atom is -0.361 e. The van der Waals surface area contributed by atoms with E-state index in [0.29, 0.717) is 5.92 Å². The van der Waals surface area contributed by atoms with Crippen LogP contribution in [0.5, 0.6) is 0 Å². The third kappa shape index (κ3) is 1.94. The Kier molecular flexibility index (Phi) is 2.61. The Morgan fingerprint density at radius 3 is 3.00 bits per heavy atom. The second-order valence-electron chi connectivity index (χ2n) is 5.88. The molecule has 5 nitrogen and oxygen atoms in total. The number of H-pyrrole nitrogens is 1. The molecular formula is C16H15N5S. The van der Waals surface area contributed by atoms with E-state index in [1.54, 1.807) is 11.3 Å². The number of hydrogen-bond acceptors (Lipinski definition) is 4. The third-order valence-corrected chi connectivity index (χ3v) is 5.24. The van der Waals surface area contributed by atoms with Crippen LogP contribution in [0.25, 0.3) is 15.9 Å². The van der Waals surface area contributed by atoms with E-state index in [0.717, 1.165) is 28.6 Å². The Morgan fingerprint density at radius 1 is 1.18 bits per heavy atom. The van der Waals surface area contributed by atoms with Gasteiger partial charge in [0.2, 0.25) is 4.96 Å². The molecule has 0 aliphatic heterocycles. The summed E-state index contributed by atoms with van der Waals surface area (Å²) in [7, 11) is 0. The fourth-order valence-corrected chi connectivity index (χ4v) is 3.79. The Hall–Kier alpha value is -2.21. The van der Waals surface area contributed by atoms with Crippen LogP contribution in [0.4, 0.5) is 0 Å². The molecule has 0 spiro atoms. The van der Waals surface area contributed by atoms with Gasteiger partial charge in [-0.05, 0) is 30.9 Å². The molecule has 1 aliphatic rings. The van der Waals surface area contributed by atoms with E-state index < -0.39 is 0 Å². The minimum absolute atomic E-state index is 0.582. The number of nitrogens with one attached hydrogen (secondary N) is 1. The number of benzene rings is 1. The van der Waals surface area contributed by atoms with Gasteiger partial charge in [0.25, 0.3) is 0 Å². The third-order valence-electron chi connectivity index (χ3n) is 4.28. The lowest BCUT2D eigenvalue weighted by molar-refractivity contribution is 0.795. The SMILES string of the molecule is c1ccc2c(CCc3nn4c(C5CC5)nnc4s3)c[nH]c2c1. The molecule has 0 saturated heterocycles. The van der Waals surface area contributed by atoms with Crippen molar-refractivity contribution in [2.75, 3.05) is 0 Å². The first-order chi connectivity index (χ1) is 10.9. The summed E-state index contributed by atoms with van der Waals surface area (Å²) in [6.45, 7) is 0. The van der Waals surface area contributed by atoms with Gasteiger partial charge in [-0.1, -0.05) is 29.5 Å². The predicted octanol–water partition coefficient (Wildman–Crippen LogP) is 3.33. The Labute approximate surface area is 131 Å². The molecule has 110 valence electrons. The zero-order valence-corrected chi connectivity index (χ0v) is 12.8. The normalized spacial score (nSPS) is 15.1. The molecule has 6 heteroatoms. The fourth-order valence-electron chi connectivity index (χ4n) is 2.95. The summed E-state index contributed by atoms with van der Waals surface area (Å²) in [5, 5.41) is 15.7. The topological polar surface area (TPSA) is 58.9 Å². The lowest BCUT2D eigenvalue weighted by Crippen LogP contribution is -1.96. The van der Waals surface area contributed by atoms with Crippen molar-refractivity contribution >= 4 is 27.2 Å². The van der Waals surface area contributed by atoms with Crippen molar-refractivity contribution < 1.29 is 0 Å². The molecule has 1 saturated carbocycles. The molecule has 3 aromatic heterocycles. The molecular weight excluding hydrogens is 294 g/mol. The average molecular weight is 309 g/mol. The van der Waals surface area contributed by atoms with E-state index in [1.807, 2.05) is 4.52 Å². The number of hydrogen-bond donors (Lipinski definition) is 1. The molecule has 0 bridgehead atoms. The molecule has 0 amide bonds. The molecule has 1 aliphatic carbocycles. The van der Waals surface area contributed by atoms with Gasteiger partial charge >= 0.3 is 0 Å². The summed E-state index contributed by atoms with van der Waals surface area (Å²) in [4.78, 5) is 4.26. The lowest BCUT2D eigenvalue weighted by atomic mass is 10.1. The average Bonchev–Trinajstić information content (AvgIpc) is 3.01. The van der Waals surface area contributed by atoms with Crippen LogP contribution in [0, 0.1) is 0 Å². The molecule has 0 atom stereocenters. The van der Waals surface area contributed by atoms with Crippen LogP contribution in [-0.4, -0.2) is 24.8 Å². The highest BCUT2D eigenvalue weighted by Crippen LogP contribution is 2.39. The standard InChI is InChI=1S/C16H15N5S/c1-2-4-13-12(3-1)11(9-17-13)7-8-14-20-21-15(10-5-6-10)18-19-16(21)22-14/h1-4,9-10,17H,5-8H2. The highest BCUT2D eigenvalue weighted by molar-refractivity contribution is 7.16. The van der Waals surface area contributed by atoms with Crippen molar-refractivity contribution in [1.29, 1.82) is 0 Å². The number of aromatic amines is 1. The van der Waals surface area contributed by atoms with Gasteiger partial charge in [0.05, 0.1) is 0 Å². The van der Waals surface area contributed by atoms with Gasteiger partial charge in [0, 0.05) is 29.4 Å². The van der Waals surface area contributed by atoms with Crippen LogP contribution < -0.4 is 0 Å². The summed E-state index contributed by atoms with van der Waals surface area (Å²) in [6, 6.07) is 8.43. The fraction of sp³-hybridized carbons (Fsp3) is 0.312. The van der Waals surface area contributed by atoms with Crippen LogP contribution in [0.1, 0.15) is 35.2 Å². The second-order valence-corrected chi connectivity index (χ2v) is 6.92. The molecule has 4 aromatic rings. The number of aromatic nitrogens is 5. The summed E-state index contributed by atoms with van der Waals surface area (Å²) in [5.41, 5.74) is 2.55. The number of nitrogens with zero attached hydrogens (tertiary/aromatic N) is 4. The Bertz CT molecular complexity index is 959. The Morgan fingerprint density at radius 2 is 2.09 bits per heavy atom. The first kappa shape index (κ1) is 12.3. The van der Waals surface area contributed by atoms with E-state index in [1.165, 1.54) is 29.3 Å². The van der Waals surface area contributed by atoms with Crippen molar-refractivity contribution in [1.82, 2.24) is 24.8 Å². The molecule has 0 unspecified atom stereocenters. The molecule has 1 N–H and O–H groups in total. The smallest absolute Gasteiger partial charge is 0.234 e.